The molecule has 1 heterocycles. The van der Waals surface area contributed by atoms with E-state index < -0.39 is 0 Å². The number of carbonyl (C=O) groups excluding carboxylic acids is 1. The summed E-state index contributed by atoms with van der Waals surface area (Å²) in [6, 6.07) is 18.7. The third kappa shape index (κ3) is 3.47. The average Bonchev–Trinajstić information content (AvgIpc) is 3.12. The smallest absolute Gasteiger partial charge is 0.255 e. The van der Waals surface area contributed by atoms with Crippen LogP contribution >= 0.6 is 0 Å². The Balaban J connectivity index is 1.63. The zero-order valence-electron chi connectivity index (χ0n) is 15.9. The molecule has 4 aromatic rings. The fourth-order valence-electron chi connectivity index (χ4n) is 2.98. The number of carbonyl (C=O) groups is 1. The zero-order valence-corrected chi connectivity index (χ0v) is 15.9. The summed E-state index contributed by atoms with van der Waals surface area (Å²) < 4.78 is 11.0. The third-order valence-corrected chi connectivity index (χ3v) is 4.63. The number of fused-ring (bicyclic) bond motifs is 1. The summed E-state index contributed by atoms with van der Waals surface area (Å²) in [6.07, 6.45) is 0. The van der Waals surface area contributed by atoms with Crippen LogP contribution in [0.15, 0.2) is 65.1 Å². The maximum atomic E-state index is 12.6. The van der Waals surface area contributed by atoms with E-state index in [9.17, 15) is 4.79 Å². The van der Waals surface area contributed by atoms with Gasteiger partial charge in [-0.05, 0) is 73.5 Å². The fourth-order valence-corrected chi connectivity index (χ4v) is 2.98. The number of rotatable bonds is 4. The van der Waals surface area contributed by atoms with E-state index in [4.69, 9.17) is 9.15 Å². The topological polar surface area (TPSA) is 64.4 Å². The number of aryl methyl sites for hydroxylation is 2. The lowest BCUT2D eigenvalue weighted by atomic mass is 10.1. The lowest BCUT2D eigenvalue weighted by Gasteiger charge is -2.10. The Morgan fingerprint density at radius 3 is 2.54 bits per heavy atom. The van der Waals surface area contributed by atoms with Crippen LogP contribution in [0.1, 0.15) is 21.5 Å². The van der Waals surface area contributed by atoms with Gasteiger partial charge >= 0.3 is 0 Å². The molecule has 0 aliphatic rings. The van der Waals surface area contributed by atoms with E-state index >= 15 is 0 Å². The van der Waals surface area contributed by atoms with Gasteiger partial charge in [0.05, 0.1) is 7.11 Å². The number of anilines is 1. The summed E-state index contributed by atoms with van der Waals surface area (Å²) in [6.45, 7) is 3.96. The second-order valence-electron chi connectivity index (χ2n) is 6.70. The minimum Gasteiger partial charge on any atom is -0.497 e. The van der Waals surface area contributed by atoms with Gasteiger partial charge in [0.15, 0.2) is 5.58 Å². The van der Waals surface area contributed by atoms with E-state index in [1.807, 2.05) is 50.2 Å². The molecule has 1 aromatic heterocycles. The van der Waals surface area contributed by atoms with Gasteiger partial charge < -0.3 is 14.5 Å². The zero-order chi connectivity index (χ0) is 19.7. The van der Waals surface area contributed by atoms with Crippen LogP contribution < -0.4 is 10.1 Å². The van der Waals surface area contributed by atoms with Gasteiger partial charge in [-0.2, -0.15) is 0 Å². The molecule has 0 fully saturated rings. The van der Waals surface area contributed by atoms with E-state index in [2.05, 4.69) is 10.3 Å². The van der Waals surface area contributed by atoms with E-state index in [1.165, 1.54) is 0 Å². The number of aromatic nitrogens is 1. The number of ether oxygens (including phenoxy) is 1. The summed E-state index contributed by atoms with van der Waals surface area (Å²) in [5.41, 5.74) is 5.72. The Bertz CT molecular complexity index is 1160. The SMILES string of the molecule is COc1ccc(C(=O)Nc2cc(-c3nc4ccc(C)cc4o3)ccc2C)cc1. The molecule has 140 valence electrons. The number of hydrogen-bond donors (Lipinski definition) is 1. The summed E-state index contributed by atoms with van der Waals surface area (Å²) >= 11 is 0. The largest absolute Gasteiger partial charge is 0.497 e. The highest BCUT2D eigenvalue weighted by molar-refractivity contribution is 6.05. The number of nitrogens with zero attached hydrogens (tertiary/aromatic N) is 1. The summed E-state index contributed by atoms with van der Waals surface area (Å²) in [7, 11) is 1.59. The van der Waals surface area contributed by atoms with Crippen molar-refractivity contribution in [3.63, 3.8) is 0 Å². The molecule has 0 saturated heterocycles. The first kappa shape index (κ1) is 17.8. The normalized spacial score (nSPS) is 10.8. The highest BCUT2D eigenvalue weighted by Crippen LogP contribution is 2.28. The van der Waals surface area contributed by atoms with Crippen molar-refractivity contribution >= 4 is 22.7 Å². The van der Waals surface area contributed by atoms with Crippen LogP contribution in [0.4, 0.5) is 5.69 Å². The van der Waals surface area contributed by atoms with E-state index in [1.54, 1.807) is 31.4 Å². The van der Waals surface area contributed by atoms with Crippen molar-refractivity contribution in [1.82, 2.24) is 4.98 Å². The van der Waals surface area contributed by atoms with Crippen LogP contribution in [0.25, 0.3) is 22.6 Å². The van der Waals surface area contributed by atoms with Crippen LogP contribution in [0.3, 0.4) is 0 Å². The molecule has 0 radical (unpaired) electrons. The molecule has 5 nitrogen and oxygen atoms in total. The molecule has 0 unspecified atom stereocenters. The van der Waals surface area contributed by atoms with Gasteiger partial charge in [-0.3, -0.25) is 4.79 Å². The molecule has 0 aliphatic heterocycles. The third-order valence-electron chi connectivity index (χ3n) is 4.63. The number of nitrogens with one attached hydrogen (secondary N) is 1. The highest BCUT2D eigenvalue weighted by atomic mass is 16.5. The molecule has 1 amide bonds. The highest BCUT2D eigenvalue weighted by Gasteiger charge is 2.13. The van der Waals surface area contributed by atoms with Crippen LogP contribution in [0.2, 0.25) is 0 Å². The van der Waals surface area contributed by atoms with Crippen LogP contribution in [-0.2, 0) is 0 Å². The van der Waals surface area contributed by atoms with Gasteiger partial charge in [0.2, 0.25) is 5.89 Å². The van der Waals surface area contributed by atoms with Crippen LogP contribution in [0.5, 0.6) is 5.75 Å². The predicted molar refractivity (Wildman–Crippen MR) is 110 cm³/mol. The molecule has 0 saturated carbocycles. The lowest BCUT2D eigenvalue weighted by Crippen LogP contribution is -2.12. The van der Waals surface area contributed by atoms with Crippen molar-refractivity contribution in [3.8, 4) is 17.2 Å². The monoisotopic (exact) mass is 372 g/mol. The number of amides is 1. The maximum Gasteiger partial charge on any atom is 0.255 e. The molecule has 0 spiro atoms. The molecule has 0 aliphatic carbocycles. The van der Waals surface area contributed by atoms with Gasteiger partial charge in [-0.15, -0.1) is 0 Å². The van der Waals surface area contributed by atoms with Gasteiger partial charge in [0, 0.05) is 16.8 Å². The molecule has 1 N–H and O–H groups in total. The molecule has 0 bridgehead atoms. The van der Waals surface area contributed by atoms with Crippen molar-refractivity contribution < 1.29 is 13.9 Å². The maximum absolute atomic E-state index is 12.6. The van der Waals surface area contributed by atoms with Crippen LogP contribution in [0, 0.1) is 13.8 Å². The lowest BCUT2D eigenvalue weighted by molar-refractivity contribution is 0.102. The molecule has 0 atom stereocenters. The van der Waals surface area contributed by atoms with E-state index in [0.29, 0.717) is 17.2 Å². The average molecular weight is 372 g/mol. The first-order valence-corrected chi connectivity index (χ1v) is 8.97. The van der Waals surface area contributed by atoms with Crippen molar-refractivity contribution in [2.24, 2.45) is 0 Å². The summed E-state index contributed by atoms with van der Waals surface area (Å²) in [4.78, 5) is 17.2. The number of benzene rings is 3. The van der Waals surface area contributed by atoms with Gasteiger partial charge in [-0.25, -0.2) is 4.98 Å². The minimum atomic E-state index is -0.184. The Labute approximate surface area is 163 Å². The second kappa shape index (κ2) is 7.19. The molecule has 4 rings (SSSR count). The van der Waals surface area contributed by atoms with Crippen molar-refractivity contribution in [3.05, 3.63) is 77.4 Å². The Kier molecular flexibility index (Phi) is 4.57. The molecular weight excluding hydrogens is 352 g/mol. The Hall–Kier alpha value is -3.60. The number of methoxy groups -OCH3 is 1. The van der Waals surface area contributed by atoms with Gasteiger partial charge in [0.1, 0.15) is 11.3 Å². The fraction of sp³-hybridized carbons (Fsp3) is 0.130. The van der Waals surface area contributed by atoms with Crippen molar-refractivity contribution in [2.75, 3.05) is 12.4 Å². The molecule has 28 heavy (non-hydrogen) atoms. The molecule has 5 heteroatoms. The first-order valence-electron chi connectivity index (χ1n) is 8.97. The molecule has 3 aromatic carbocycles. The van der Waals surface area contributed by atoms with Gasteiger partial charge in [0.25, 0.3) is 5.91 Å². The summed E-state index contributed by atoms with van der Waals surface area (Å²) in [5.74, 6) is 1.05. The molecular formula is C23H20N2O3. The quantitative estimate of drug-likeness (QED) is 0.523. The Morgan fingerprint density at radius 1 is 1.00 bits per heavy atom. The first-order chi connectivity index (χ1) is 13.5. The summed E-state index contributed by atoms with van der Waals surface area (Å²) in [5, 5.41) is 2.97. The van der Waals surface area contributed by atoms with Crippen molar-refractivity contribution in [1.29, 1.82) is 0 Å². The minimum absolute atomic E-state index is 0.184. The van der Waals surface area contributed by atoms with Gasteiger partial charge in [-0.1, -0.05) is 12.1 Å². The Morgan fingerprint density at radius 2 is 1.79 bits per heavy atom. The second-order valence-corrected chi connectivity index (χ2v) is 6.70. The standard InChI is InChI=1S/C23H20N2O3/c1-14-4-11-19-21(12-14)28-23(25-19)17-6-5-15(2)20(13-17)24-22(26)16-7-9-18(27-3)10-8-16/h4-13H,1-3H3,(H,24,26). The predicted octanol–water partition coefficient (Wildman–Crippen LogP) is 5.37. The van der Waals surface area contributed by atoms with E-state index in [-0.39, 0.29) is 5.91 Å². The number of hydrogen-bond acceptors (Lipinski definition) is 4. The van der Waals surface area contributed by atoms with Crippen molar-refractivity contribution in [2.45, 2.75) is 13.8 Å². The van der Waals surface area contributed by atoms with E-state index in [0.717, 1.165) is 33.5 Å². The number of oxazole rings is 1. The van der Waals surface area contributed by atoms with Crippen LogP contribution in [-0.4, -0.2) is 18.0 Å².